The van der Waals surface area contributed by atoms with E-state index in [4.69, 9.17) is 0 Å². The summed E-state index contributed by atoms with van der Waals surface area (Å²) >= 11 is 0. The lowest BCUT2D eigenvalue weighted by Crippen LogP contribution is -1.95. The van der Waals surface area contributed by atoms with Crippen LogP contribution in [0.25, 0.3) is 6.08 Å². The highest BCUT2D eigenvalue weighted by Gasteiger charge is 1.93. The Morgan fingerprint density at radius 2 is 2.15 bits per heavy atom. The van der Waals surface area contributed by atoms with E-state index in [0.717, 1.165) is 16.9 Å². The topological polar surface area (TPSA) is 24.9 Å². The summed E-state index contributed by atoms with van der Waals surface area (Å²) in [5, 5.41) is 3.04. The molecule has 0 bridgehead atoms. The number of hydrogen-bond donors (Lipinski definition) is 1. The van der Waals surface area contributed by atoms with Gasteiger partial charge in [0.15, 0.2) is 0 Å². The fraction of sp³-hybridized carbons (Fsp3) is 0. The number of hydrogen-bond acceptors (Lipinski definition) is 2. The Morgan fingerprint density at radius 1 is 1.38 bits per heavy atom. The van der Waals surface area contributed by atoms with Gasteiger partial charge >= 0.3 is 0 Å². The van der Waals surface area contributed by atoms with Crippen LogP contribution in [-0.4, -0.2) is 4.98 Å². The molecule has 0 saturated carbocycles. The van der Waals surface area contributed by atoms with Crippen LogP contribution in [0.15, 0.2) is 50.0 Å². The second-order valence-electron chi connectivity index (χ2n) is 2.57. The third-order valence-electron chi connectivity index (χ3n) is 1.55. The van der Waals surface area contributed by atoms with Gasteiger partial charge in [-0.05, 0) is 17.7 Å². The maximum Gasteiger partial charge on any atom is 0.0576 e. The number of pyridine rings is 1. The molecule has 1 rings (SSSR count). The van der Waals surface area contributed by atoms with Gasteiger partial charge in [-0.2, -0.15) is 0 Å². The molecule has 1 aromatic heterocycles. The van der Waals surface area contributed by atoms with Crippen LogP contribution < -0.4 is 5.32 Å². The average molecular weight is 172 g/mol. The third-order valence-corrected chi connectivity index (χ3v) is 1.55. The quantitative estimate of drug-likeness (QED) is 0.706. The third kappa shape index (κ3) is 2.60. The number of nitrogens with one attached hydrogen (secondary N) is 1. The fourth-order valence-corrected chi connectivity index (χ4v) is 0.874. The minimum atomic E-state index is 0.753. The van der Waals surface area contributed by atoms with Crippen LogP contribution in [-0.2, 0) is 0 Å². The van der Waals surface area contributed by atoms with E-state index in [9.17, 15) is 0 Å². The van der Waals surface area contributed by atoms with Crippen molar-refractivity contribution in [2.45, 2.75) is 0 Å². The molecule has 1 N–H and O–H groups in total. The van der Waals surface area contributed by atoms with Crippen molar-refractivity contribution in [1.82, 2.24) is 4.98 Å². The first-order valence-corrected chi connectivity index (χ1v) is 3.92. The van der Waals surface area contributed by atoms with Crippen molar-refractivity contribution >= 4 is 11.8 Å². The van der Waals surface area contributed by atoms with Crippen molar-refractivity contribution in [2.75, 3.05) is 5.32 Å². The van der Waals surface area contributed by atoms with E-state index in [0.29, 0.717) is 0 Å². The smallest absolute Gasteiger partial charge is 0.0576 e. The molecule has 2 nitrogen and oxygen atoms in total. The van der Waals surface area contributed by atoms with Gasteiger partial charge in [0.2, 0.25) is 0 Å². The molecule has 13 heavy (non-hydrogen) atoms. The SMILES string of the molecule is C=CC(=C)Nc1cncc(C=C)c1. The maximum absolute atomic E-state index is 4.03. The molecule has 0 fully saturated rings. The first-order valence-electron chi connectivity index (χ1n) is 3.92. The summed E-state index contributed by atoms with van der Waals surface area (Å²) in [6, 6.07) is 1.94. The predicted octanol–water partition coefficient (Wildman–Crippen LogP) is 2.84. The van der Waals surface area contributed by atoms with Crippen LogP contribution in [0, 0.1) is 0 Å². The van der Waals surface area contributed by atoms with Crippen LogP contribution in [0.1, 0.15) is 5.56 Å². The van der Waals surface area contributed by atoms with E-state index in [2.05, 4.69) is 30.0 Å². The van der Waals surface area contributed by atoms with Crippen molar-refractivity contribution in [3.8, 4) is 0 Å². The molecular formula is C11H12N2. The molecule has 0 aliphatic rings. The van der Waals surface area contributed by atoms with E-state index >= 15 is 0 Å². The monoisotopic (exact) mass is 172 g/mol. The standard InChI is InChI=1S/C11H12N2/c1-4-9(3)13-11-6-10(5-2)7-12-8-11/h4-8,13H,1-3H2. The molecule has 0 aromatic carbocycles. The van der Waals surface area contributed by atoms with Gasteiger partial charge in [0.25, 0.3) is 0 Å². The van der Waals surface area contributed by atoms with Gasteiger partial charge in [0.1, 0.15) is 0 Å². The lowest BCUT2D eigenvalue weighted by atomic mass is 10.2. The lowest BCUT2D eigenvalue weighted by molar-refractivity contribution is 1.30. The van der Waals surface area contributed by atoms with Crippen LogP contribution in [0.3, 0.4) is 0 Å². The minimum absolute atomic E-state index is 0.753. The van der Waals surface area contributed by atoms with E-state index < -0.39 is 0 Å². The largest absolute Gasteiger partial charge is 0.355 e. The molecule has 0 atom stereocenters. The first kappa shape index (κ1) is 9.26. The van der Waals surface area contributed by atoms with E-state index in [1.807, 2.05) is 6.07 Å². The van der Waals surface area contributed by atoms with Crippen molar-refractivity contribution < 1.29 is 0 Å². The zero-order valence-electron chi connectivity index (χ0n) is 7.46. The molecule has 1 aromatic rings. The molecule has 0 spiro atoms. The molecule has 66 valence electrons. The van der Waals surface area contributed by atoms with E-state index in [1.54, 1.807) is 24.5 Å². The molecule has 1 heterocycles. The first-order chi connectivity index (χ1) is 6.26. The van der Waals surface area contributed by atoms with Crippen molar-refractivity contribution in [3.63, 3.8) is 0 Å². The molecular weight excluding hydrogens is 160 g/mol. The summed E-state index contributed by atoms with van der Waals surface area (Å²) in [6.07, 6.45) is 6.87. The van der Waals surface area contributed by atoms with Crippen LogP contribution in [0.5, 0.6) is 0 Å². The fourth-order valence-electron chi connectivity index (χ4n) is 0.874. The summed E-state index contributed by atoms with van der Waals surface area (Å²) in [5.41, 5.74) is 2.62. The average Bonchev–Trinajstić information content (AvgIpc) is 2.18. The second kappa shape index (κ2) is 4.26. The Labute approximate surface area is 78.3 Å². The number of allylic oxidation sites excluding steroid dienone is 1. The Hall–Kier alpha value is -1.83. The summed E-state index contributed by atoms with van der Waals surface area (Å²) < 4.78 is 0. The molecule has 0 aliphatic carbocycles. The Morgan fingerprint density at radius 3 is 2.77 bits per heavy atom. The summed E-state index contributed by atoms with van der Waals surface area (Å²) in [5.74, 6) is 0. The van der Waals surface area contributed by atoms with Gasteiger partial charge < -0.3 is 5.32 Å². The highest BCUT2D eigenvalue weighted by atomic mass is 14.9. The van der Waals surface area contributed by atoms with Crippen LogP contribution in [0.2, 0.25) is 0 Å². The van der Waals surface area contributed by atoms with Crippen LogP contribution in [0.4, 0.5) is 5.69 Å². The van der Waals surface area contributed by atoms with Gasteiger partial charge in [-0.3, -0.25) is 4.98 Å². The highest BCUT2D eigenvalue weighted by molar-refractivity contribution is 5.56. The zero-order chi connectivity index (χ0) is 9.68. The minimum Gasteiger partial charge on any atom is -0.355 e. The Kier molecular flexibility index (Phi) is 3.03. The number of nitrogens with zero attached hydrogens (tertiary/aromatic N) is 1. The lowest BCUT2D eigenvalue weighted by Gasteiger charge is -2.04. The molecule has 0 radical (unpaired) electrons. The van der Waals surface area contributed by atoms with Gasteiger partial charge in [-0.15, -0.1) is 0 Å². The summed E-state index contributed by atoms with van der Waals surface area (Å²) in [6.45, 7) is 11.0. The summed E-state index contributed by atoms with van der Waals surface area (Å²) in [4.78, 5) is 4.03. The van der Waals surface area contributed by atoms with E-state index in [1.165, 1.54) is 0 Å². The summed E-state index contributed by atoms with van der Waals surface area (Å²) in [7, 11) is 0. The number of anilines is 1. The van der Waals surface area contributed by atoms with Gasteiger partial charge in [0.05, 0.1) is 11.9 Å². The second-order valence-corrected chi connectivity index (χ2v) is 2.57. The predicted molar refractivity (Wildman–Crippen MR) is 57.3 cm³/mol. The van der Waals surface area contributed by atoms with Gasteiger partial charge in [0, 0.05) is 11.9 Å². The number of rotatable bonds is 4. The Bertz CT molecular complexity index is 340. The number of aromatic nitrogens is 1. The van der Waals surface area contributed by atoms with E-state index in [-0.39, 0.29) is 0 Å². The van der Waals surface area contributed by atoms with Crippen molar-refractivity contribution in [1.29, 1.82) is 0 Å². The van der Waals surface area contributed by atoms with Crippen LogP contribution >= 0.6 is 0 Å². The molecule has 0 aliphatic heterocycles. The van der Waals surface area contributed by atoms with Gasteiger partial charge in [-0.1, -0.05) is 25.8 Å². The Balaban J connectivity index is 2.83. The normalized spacial score (nSPS) is 8.92. The van der Waals surface area contributed by atoms with Gasteiger partial charge in [-0.25, -0.2) is 0 Å². The molecule has 2 heteroatoms. The maximum atomic E-state index is 4.03. The zero-order valence-corrected chi connectivity index (χ0v) is 7.46. The molecule has 0 saturated heterocycles. The molecule has 0 unspecified atom stereocenters. The highest BCUT2D eigenvalue weighted by Crippen LogP contribution is 2.11. The van der Waals surface area contributed by atoms with Crippen molar-refractivity contribution in [3.05, 3.63) is 55.5 Å². The van der Waals surface area contributed by atoms with Crippen molar-refractivity contribution in [2.24, 2.45) is 0 Å². The molecule has 0 amide bonds.